The van der Waals surface area contributed by atoms with Crippen LogP contribution in [0.2, 0.25) is 0 Å². The van der Waals surface area contributed by atoms with Gasteiger partial charge in [-0.2, -0.15) is 47.5 Å². The second-order valence-electron chi connectivity index (χ2n) is 9.98. The zero-order chi connectivity index (χ0) is 22.9. The fraction of sp³-hybridized carbons (Fsp3) is 0.438. The minimum absolute atomic E-state index is 0. The molecule has 3 aromatic rings. The van der Waals surface area contributed by atoms with Crippen LogP contribution in [0.3, 0.4) is 0 Å². The van der Waals surface area contributed by atoms with Gasteiger partial charge in [-0.15, -0.1) is 5.56 Å². The van der Waals surface area contributed by atoms with E-state index in [1.807, 2.05) is 21.4 Å². The minimum Gasteiger partial charge on any atom is -0.179 e. The van der Waals surface area contributed by atoms with Crippen molar-refractivity contribution in [3.05, 3.63) is 89.5 Å². The average Bonchev–Trinajstić information content (AvgIpc) is 3.52. The van der Waals surface area contributed by atoms with Crippen LogP contribution in [0, 0.1) is 24.8 Å². The average molecular weight is 585 g/mol. The molecule has 0 spiro atoms. The van der Waals surface area contributed by atoms with Crippen LogP contribution in [-0.4, -0.2) is 3.21 Å². The van der Waals surface area contributed by atoms with E-state index in [0.29, 0.717) is 0 Å². The molecule has 186 valence electrons. The summed E-state index contributed by atoms with van der Waals surface area (Å²) in [5.41, 5.74) is 6.85. The van der Waals surface area contributed by atoms with Crippen molar-refractivity contribution in [3.8, 4) is 11.1 Å². The number of hydrogen-bond donors (Lipinski definition) is 0. The topological polar surface area (TPSA) is 0 Å². The van der Waals surface area contributed by atoms with Crippen molar-refractivity contribution in [2.45, 2.75) is 77.6 Å². The third kappa shape index (κ3) is 8.88. The second-order valence-corrected chi connectivity index (χ2v) is 11.4. The first-order valence-electron chi connectivity index (χ1n) is 13.1. The Kier molecular flexibility index (Phi) is 13.9. The molecule has 2 fully saturated rings. The van der Waals surface area contributed by atoms with Crippen LogP contribution in [0.1, 0.15) is 80.9 Å². The van der Waals surface area contributed by atoms with Gasteiger partial charge >= 0.3 is 103 Å². The minimum atomic E-state index is 0. The summed E-state index contributed by atoms with van der Waals surface area (Å²) < 4.78 is 1.97. The first-order chi connectivity index (χ1) is 16.2. The molecule has 0 heterocycles. The molecule has 0 aromatic heterocycles. The van der Waals surface area contributed by atoms with Crippen molar-refractivity contribution in [2.75, 3.05) is 0 Å². The van der Waals surface area contributed by atoms with E-state index >= 15 is 0 Å². The molecule has 6 rings (SSSR count). The maximum absolute atomic E-state index is 3.30. The van der Waals surface area contributed by atoms with Crippen LogP contribution < -0.4 is 24.8 Å². The maximum atomic E-state index is 3.30. The quantitative estimate of drug-likeness (QED) is 0.318. The molecule has 0 N–H and O–H groups in total. The van der Waals surface area contributed by atoms with Gasteiger partial charge in [-0.1, -0.05) is 42.3 Å². The van der Waals surface area contributed by atoms with E-state index in [0.717, 1.165) is 18.3 Å². The molecule has 0 atom stereocenters. The summed E-state index contributed by atoms with van der Waals surface area (Å²) in [5.74, 6) is 2.09. The SMILES string of the molecule is Cc1ccc[cH-]1.[Cl-].[Cl-].[Zr+2]=[C](C1CCCCC1)C1CCCCC1.[c-]1cccc2c1Cc1ccccc1-2. The molecule has 2 saturated carbocycles. The summed E-state index contributed by atoms with van der Waals surface area (Å²) in [6.45, 7) is 2.08. The van der Waals surface area contributed by atoms with Gasteiger partial charge in [0.1, 0.15) is 0 Å². The monoisotopic (exact) mass is 582 g/mol. The van der Waals surface area contributed by atoms with Gasteiger partial charge < -0.3 is 24.8 Å². The Labute approximate surface area is 240 Å². The van der Waals surface area contributed by atoms with Gasteiger partial charge in [0.05, 0.1) is 0 Å². The molecule has 0 unspecified atom stereocenters. The third-order valence-corrected chi connectivity index (χ3v) is 9.54. The van der Waals surface area contributed by atoms with Gasteiger partial charge in [0.15, 0.2) is 0 Å². The van der Waals surface area contributed by atoms with Crippen molar-refractivity contribution in [1.82, 2.24) is 0 Å². The summed E-state index contributed by atoms with van der Waals surface area (Å²) in [6.07, 6.45) is 16.2. The summed E-state index contributed by atoms with van der Waals surface area (Å²) in [4.78, 5) is 0. The van der Waals surface area contributed by atoms with Gasteiger partial charge in [0.25, 0.3) is 0 Å². The van der Waals surface area contributed by atoms with E-state index in [2.05, 4.69) is 61.5 Å². The smallest absolute Gasteiger partial charge is 0.0253 e. The Morgan fingerprint density at radius 1 is 0.771 bits per heavy atom. The zero-order valence-corrected chi connectivity index (χ0v) is 25.0. The van der Waals surface area contributed by atoms with Crippen molar-refractivity contribution < 1.29 is 49.0 Å². The van der Waals surface area contributed by atoms with E-state index in [4.69, 9.17) is 0 Å². The predicted molar refractivity (Wildman–Crippen MR) is 138 cm³/mol. The van der Waals surface area contributed by atoms with Gasteiger partial charge in [-0.05, 0) is 6.42 Å². The fourth-order valence-corrected chi connectivity index (χ4v) is 7.05. The number of fused-ring (bicyclic) bond motifs is 3. The molecule has 3 aliphatic rings. The molecule has 0 nitrogen and oxygen atoms in total. The summed E-state index contributed by atoms with van der Waals surface area (Å²) in [7, 11) is 0. The van der Waals surface area contributed by atoms with Crippen molar-refractivity contribution >= 4 is 3.21 Å². The molecule has 0 amide bonds. The summed E-state index contributed by atoms with van der Waals surface area (Å²) in [5, 5.41) is 0. The van der Waals surface area contributed by atoms with Crippen LogP contribution >= 0.6 is 0 Å². The van der Waals surface area contributed by atoms with Crippen molar-refractivity contribution in [2.24, 2.45) is 11.8 Å². The van der Waals surface area contributed by atoms with E-state index < -0.39 is 0 Å². The molecular weight excluding hydrogens is 546 g/mol. The van der Waals surface area contributed by atoms with Gasteiger partial charge in [0.2, 0.25) is 0 Å². The second kappa shape index (κ2) is 16.1. The van der Waals surface area contributed by atoms with E-state index in [9.17, 15) is 0 Å². The first-order valence-corrected chi connectivity index (χ1v) is 14.3. The largest absolute Gasteiger partial charge is 0.179 e. The predicted octanol–water partition coefficient (Wildman–Crippen LogP) is 2.65. The van der Waals surface area contributed by atoms with Crippen LogP contribution in [-0.2, 0) is 30.7 Å². The summed E-state index contributed by atoms with van der Waals surface area (Å²) >= 11 is 1.77. The molecular formula is C32H38Cl2Zr-2. The molecule has 0 saturated heterocycles. The number of aryl methyl sites for hydroxylation is 1. The Balaban J connectivity index is 0.000000192. The van der Waals surface area contributed by atoms with E-state index in [-0.39, 0.29) is 24.8 Å². The molecule has 0 bridgehead atoms. The van der Waals surface area contributed by atoms with Crippen LogP contribution in [0.15, 0.2) is 66.7 Å². The fourth-order valence-electron chi connectivity index (χ4n) is 5.63. The van der Waals surface area contributed by atoms with Crippen molar-refractivity contribution in [1.29, 1.82) is 0 Å². The Morgan fingerprint density at radius 2 is 1.37 bits per heavy atom. The van der Waals surface area contributed by atoms with E-state index in [1.54, 1.807) is 24.2 Å². The number of rotatable bonds is 2. The van der Waals surface area contributed by atoms with Crippen molar-refractivity contribution in [3.63, 3.8) is 0 Å². The molecule has 35 heavy (non-hydrogen) atoms. The molecule has 3 aliphatic carbocycles. The number of benzene rings is 2. The Morgan fingerprint density at radius 3 is 1.91 bits per heavy atom. The molecule has 0 radical (unpaired) electrons. The third-order valence-electron chi connectivity index (χ3n) is 7.54. The summed E-state index contributed by atoms with van der Waals surface area (Å²) in [6, 6.07) is 26.3. The Hall–Kier alpha value is -0.877. The van der Waals surface area contributed by atoms with Crippen LogP contribution in [0.4, 0.5) is 0 Å². The Bertz CT molecular complexity index is 932. The number of hydrogen-bond acceptors (Lipinski definition) is 0. The molecule has 0 aliphatic heterocycles. The van der Waals surface area contributed by atoms with E-state index in [1.165, 1.54) is 92.0 Å². The van der Waals surface area contributed by atoms with Crippen LogP contribution in [0.25, 0.3) is 11.1 Å². The molecule has 3 heteroatoms. The van der Waals surface area contributed by atoms with Gasteiger partial charge in [0, 0.05) is 0 Å². The molecule has 3 aromatic carbocycles. The zero-order valence-electron chi connectivity index (χ0n) is 21.0. The number of halogens is 2. The normalized spacial score (nSPS) is 16.7. The van der Waals surface area contributed by atoms with Gasteiger partial charge in [-0.3, -0.25) is 0 Å². The maximum Gasteiger partial charge on any atom is -0.0253 e. The van der Waals surface area contributed by atoms with Crippen LogP contribution in [0.5, 0.6) is 0 Å². The first kappa shape index (κ1) is 30.3. The van der Waals surface area contributed by atoms with Gasteiger partial charge in [-0.25, -0.2) is 12.1 Å². The standard InChI is InChI=1S/C13H9.C13H22.C6H7.2ClH.Zr/c1-3-7-12-10(5-1)9-11-6-2-4-8-13(11)12;1-3-7-12(8-4-1)11-13-9-5-2-6-10-13;1-6-4-2-3-5-6;;;/h1-5,7-8H,9H2;12-13H,1-10H2;2-5H,1H3;2*1H;/q-1;;-1;;;+2/p-2.